The van der Waals surface area contributed by atoms with Crippen molar-refractivity contribution in [3.8, 4) is 0 Å². The Labute approximate surface area is 105 Å². The van der Waals surface area contributed by atoms with Gasteiger partial charge in [0, 0.05) is 12.2 Å². The van der Waals surface area contributed by atoms with Gasteiger partial charge in [-0.3, -0.25) is 4.79 Å². The van der Waals surface area contributed by atoms with Gasteiger partial charge in [0.1, 0.15) is 0 Å². The van der Waals surface area contributed by atoms with E-state index in [0.29, 0.717) is 5.37 Å². The Morgan fingerprint density at radius 1 is 1.35 bits per heavy atom. The minimum atomic E-state index is 0.232. The summed E-state index contributed by atoms with van der Waals surface area (Å²) in [6.07, 6.45) is 4.03. The van der Waals surface area contributed by atoms with Crippen molar-refractivity contribution in [3.63, 3.8) is 0 Å². The molecule has 2 aliphatic heterocycles. The number of carbonyl (C=O) groups excluding carboxylic acids is 1. The molecule has 0 radical (unpaired) electrons. The fraction of sp³-hybridized carbons (Fsp3) is 0.308. The summed E-state index contributed by atoms with van der Waals surface area (Å²) < 4.78 is 0. The zero-order valence-electron chi connectivity index (χ0n) is 9.61. The van der Waals surface area contributed by atoms with Crippen molar-refractivity contribution in [2.75, 3.05) is 9.80 Å². The van der Waals surface area contributed by atoms with Gasteiger partial charge in [-0.25, -0.2) is 0 Å². The van der Waals surface area contributed by atoms with Crippen molar-refractivity contribution < 1.29 is 4.79 Å². The van der Waals surface area contributed by atoms with E-state index in [9.17, 15) is 4.79 Å². The molecule has 88 valence electrons. The van der Waals surface area contributed by atoms with Crippen molar-refractivity contribution >= 4 is 29.5 Å². The molecular weight excluding hydrogens is 232 g/mol. The van der Waals surface area contributed by atoms with Crippen molar-refractivity contribution in [1.29, 1.82) is 0 Å². The van der Waals surface area contributed by atoms with Crippen LogP contribution in [0.3, 0.4) is 0 Å². The molecule has 0 saturated heterocycles. The van der Waals surface area contributed by atoms with E-state index in [1.807, 2.05) is 34.9 Å². The predicted octanol–water partition coefficient (Wildman–Crippen LogP) is 2.79. The van der Waals surface area contributed by atoms with Crippen LogP contribution in [0.15, 0.2) is 35.9 Å². The second kappa shape index (κ2) is 4.11. The Hall–Kier alpha value is -1.42. The minimum Gasteiger partial charge on any atom is -0.333 e. The first-order valence-corrected chi connectivity index (χ1v) is 6.68. The third kappa shape index (κ3) is 1.63. The van der Waals surface area contributed by atoms with Gasteiger partial charge in [-0.15, -0.1) is 11.8 Å². The molecule has 2 aliphatic rings. The van der Waals surface area contributed by atoms with Gasteiger partial charge >= 0.3 is 0 Å². The van der Waals surface area contributed by atoms with E-state index in [1.54, 1.807) is 0 Å². The Kier molecular flexibility index (Phi) is 2.59. The molecule has 0 aromatic heterocycles. The highest BCUT2D eigenvalue weighted by Crippen LogP contribution is 2.42. The summed E-state index contributed by atoms with van der Waals surface area (Å²) in [5.74, 6) is 0. The minimum absolute atomic E-state index is 0.232. The largest absolute Gasteiger partial charge is 0.333 e. The van der Waals surface area contributed by atoms with Crippen LogP contribution in [0, 0.1) is 0 Å². The molecule has 0 fully saturated rings. The highest BCUT2D eigenvalue weighted by molar-refractivity contribution is 8.03. The molecular formula is C13H14N2OS. The number of para-hydroxylation sites is 2. The molecule has 1 aromatic rings. The predicted molar refractivity (Wildman–Crippen MR) is 72.1 cm³/mol. The first-order chi connectivity index (χ1) is 8.31. The van der Waals surface area contributed by atoms with Crippen molar-refractivity contribution in [2.24, 2.45) is 0 Å². The van der Waals surface area contributed by atoms with Crippen LogP contribution in [0.4, 0.5) is 11.4 Å². The lowest BCUT2D eigenvalue weighted by atomic mass is 10.2. The summed E-state index contributed by atoms with van der Waals surface area (Å²) in [6.45, 7) is 2.10. The van der Waals surface area contributed by atoms with Crippen molar-refractivity contribution in [3.05, 3.63) is 35.9 Å². The highest BCUT2D eigenvalue weighted by atomic mass is 32.2. The van der Waals surface area contributed by atoms with Crippen molar-refractivity contribution in [2.45, 2.75) is 24.8 Å². The second-order valence-corrected chi connectivity index (χ2v) is 5.46. The lowest BCUT2D eigenvalue weighted by Gasteiger charge is -2.23. The van der Waals surface area contributed by atoms with Gasteiger partial charge in [-0.1, -0.05) is 12.1 Å². The number of benzene rings is 1. The Balaban J connectivity index is 2.14. The summed E-state index contributed by atoms with van der Waals surface area (Å²) in [5.41, 5.74) is 2.12. The Morgan fingerprint density at radius 3 is 2.88 bits per heavy atom. The standard InChI is InChI=1S/C13H14N2OS/c1-10-8-13-14(6-7-17-13)11-4-2-3-5-12(11)15(10)9-16/h2-7,9-10,13H,8H2,1H3. The van der Waals surface area contributed by atoms with E-state index >= 15 is 0 Å². The average Bonchev–Trinajstić information content (AvgIpc) is 2.75. The number of hydrogen-bond donors (Lipinski definition) is 0. The van der Waals surface area contributed by atoms with E-state index in [1.165, 1.54) is 0 Å². The molecule has 2 unspecified atom stereocenters. The molecule has 17 heavy (non-hydrogen) atoms. The number of hydrogen-bond acceptors (Lipinski definition) is 3. The van der Waals surface area contributed by atoms with Crippen LogP contribution in [0.1, 0.15) is 13.3 Å². The lowest BCUT2D eigenvalue weighted by Crippen LogP contribution is -2.33. The smallest absolute Gasteiger partial charge is 0.214 e. The summed E-state index contributed by atoms with van der Waals surface area (Å²) in [4.78, 5) is 15.4. The number of fused-ring (bicyclic) bond motifs is 3. The number of nitrogens with zero attached hydrogens (tertiary/aromatic N) is 2. The first-order valence-electron chi connectivity index (χ1n) is 5.74. The molecule has 0 bridgehead atoms. The topological polar surface area (TPSA) is 23.6 Å². The van der Waals surface area contributed by atoms with E-state index in [-0.39, 0.29) is 6.04 Å². The third-order valence-electron chi connectivity index (χ3n) is 3.34. The van der Waals surface area contributed by atoms with Crippen LogP contribution in [0.25, 0.3) is 0 Å². The average molecular weight is 246 g/mol. The van der Waals surface area contributed by atoms with Crippen LogP contribution in [0.5, 0.6) is 0 Å². The van der Waals surface area contributed by atoms with Gasteiger partial charge < -0.3 is 9.80 Å². The fourth-order valence-electron chi connectivity index (χ4n) is 2.46. The van der Waals surface area contributed by atoms with Gasteiger partial charge in [0.2, 0.25) is 6.41 Å². The molecule has 0 N–H and O–H groups in total. The SMILES string of the molecule is CC1CC2SC=CN2c2ccccc2N1C=O. The molecule has 3 nitrogen and oxygen atoms in total. The van der Waals surface area contributed by atoms with Crippen LogP contribution >= 0.6 is 11.8 Å². The maximum absolute atomic E-state index is 11.3. The number of thioether (sulfide) groups is 1. The van der Waals surface area contributed by atoms with Crippen LogP contribution < -0.4 is 9.80 Å². The molecule has 2 heterocycles. The molecule has 4 heteroatoms. The monoisotopic (exact) mass is 246 g/mol. The van der Waals surface area contributed by atoms with Crippen molar-refractivity contribution in [1.82, 2.24) is 0 Å². The van der Waals surface area contributed by atoms with E-state index in [2.05, 4.69) is 29.5 Å². The maximum Gasteiger partial charge on any atom is 0.214 e. The molecule has 0 saturated carbocycles. The Bertz CT molecular complexity index is 453. The normalized spacial score (nSPS) is 26.4. The first kappa shape index (κ1) is 10.7. The Morgan fingerprint density at radius 2 is 2.12 bits per heavy atom. The molecule has 3 rings (SSSR count). The van der Waals surface area contributed by atoms with E-state index < -0.39 is 0 Å². The van der Waals surface area contributed by atoms with Gasteiger partial charge in [0.15, 0.2) is 0 Å². The van der Waals surface area contributed by atoms with Crippen LogP contribution in [0.2, 0.25) is 0 Å². The molecule has 2 atom stereocenters. The number of anilines is 2. The van der Waals surface area contributed by atoms with Gasteiger partial charge in [-0.05, 0) is 30.9 Å². The summed E-state index contributed by atoms with van der Waals surface area (Å²) in [6, 6.07) is 8.32. The van der Waals surface area contributed by atoms with Gasteiger partial charge in [0.05, 0.1) is 16.7 Å². The summed E-state index contributed by atoms with van der Waals surface area (Å²) in [5, 5.41) is 2.54. The second-order valence-electron chi connectivity index (χ2n) is 4.37. The van der Waals surface area contributed by atoms with Crippen LogP contribution in [-0.4, -0.2) is 17.8 Å². The molecule has 1 amide bonds. The zero-order chi connectivity index (χ0) is 11.8. The quantitative estimate of drug-likeness (QED) is 0.712. The molecule has 0 aliphatic carbocycles. The third-order valence-corrected chi connectivity index (χ3v) is 4.35. The highest BCUT2D eigenvalue weighted by Gasteiger charge is 2.32. The summed E-state index contributed by atoms with van der Waals surface area (Å²) in [7, 11) is 0. The summed E-state index contributed by atoms with van der Waals surface area (Å²) >= 11 is 1.82. The number of carbonyl (C=O) groups is 1. The maximum atomic E-state index is 11.3. The number of rotatable bonds is 1. The van der Waals surface area contributed by atoms with E-state index in [4.69, 9.17) is 0 Å². The lowest BCUT2D eigenvalue weighted by molar-refractivity contribution is -0.107. The number of amides is 1. The van der Waals surface area contributed by atoms with Crippen LogP contribution in [-0.2, 0) is 4.79 Å². The van der Waals surface area contributed by atoms with Gasteiger partial charge in [-0.2, -0.15) is 0 Å². The molecule has 1 aromatic carbocycles. The zero-order valence-corrected chi connectivity index (χ0v) is 10.4. The van der Waals surface area contributed by atoms with E-state index in [0.717, 1.165) is 24.2 Å². The molecule has 0 spiro atoms. The van der Waals surface area contributed by atoms with Gasteiger partial charge in [0.25, 0.3) is 0 Å². The fourth-order valence-corrected chi connectivity index (χ4v) is 3.55.